The number of ether oxygens (including phenoxy) is 1. The van der Waals surface area contributed by atoms with Crippen molar-refractivity contribution in [1.29, 1.82) is 10.5 Å². The second-order valence-corrected chi connectivity index (χ2v) is 6.16. The van der Waals surface area contributed by atoms with E-state index >= 15 is 0 Å². The molecule has 4 nitrogen and oxygen atoms in total. The van der Waals surface area contributed by atoms with Crippen LogP contribution in [0.5, 0.6) is 0 Å². The normalized spacial score (nSPS) is 20.3. The largest absolute Gasteiger partial charge is 0.453 e. The number of nitriles is 2. The van der Waals surface area contributed by atoms with Crippen molar-refractivity contribution in [2.24, 2.45) is 17.3 Å². The van der Waals surface area contributed by atoms with Gasteiger partial charge in [-0.3, -0.25) is 4.79 Å². The van der Waals surface area contributed by atoms with Crippen molar-refractivity contribution in [1.82, 2.24) is 0 Å². The molecule has 0 amide bonds. The molecule has 1 aliphatic carbocycles. The first-order valence-electron chi connectivity index (χ1n) is 8.11. The lowest BCUT2D eigenvalue weighted by molar-refractivity contribution is -0.139. The summed E-state index contributed by atoms with van der Waals surface area (Å²) in [6.45, 7) is 5.64. The molecule has 1 aliphatic rings. The van der Waals surface area contributed by atoms with Gasteiger partial charge in [0.1, 0.15) is 0 Å². The molecule has 0 aromatic rings. The lowest BCUT2D eigenvalue weighted by Crippen LogP contribution is -2.28. The number of esters is 1. The van der Waals surface area contributed by atoms with Gasteiger partial charge in [-0.15, -0.1) is 0 Å². The third kappa shape index (κ3) is 5.15. The summed E-state index contributed by atoms with van der Waals surface area (Å²) in [6, 6.07) is 4.40. The topological polar surface area (TPSA) is 73.9 Å². The zero-order chi connectivity index (χ0) is 17.3. The molecule has 0 heterocycles. The fourth-order valence-electron chi connectivity index (χ4n) is 3.07. The van der Waals surface area contributed by atoms with Crippen LogP contribution in [0.1, 0.15) is 52.9 Å². The van der Waals surface area contributed by atoms with Gasteiger partial charge in [0.15, 0.2) is 12.0 Å². The number of rotatable bonds is 5. The zero-order valence-electron chi connectivity index (χ0n) is 14.2. The van der Waals surface area contributed by atoms with E-state index in [0.29, 0.717) is 5.92 Å². The van der Waals surface area contributed by atoms with Crippen LogP contribution in [0.25, 0.3) is 0 Å². The molecule has 0 aromatic heterocycles. The molecule has 0 saturated carbocycles. The van der Waals surface area contributed by atoms with Crippen molar-refractivity contribution in [2.45, 2.75) is 52.9 Å². The highest BCUT2D eigenvalue weighted by atomic mass is 16.5. The second-order valence-electron chi connectivity index (χ2n) is 6.16. The van der Waals surface area contributed by atoms with Crippen LogP contribution in [0.4, 0.5) is 0 Å². The molecule has 122 valence electrons. The Bertz CT molecular complexity index is 582. The maximum absolute atomic E-state index is 10.7. The highest BCUT2D eigenvalue weighted by Crippen LogP contribution is 2.43. The second kappa shape index (κ2) is 9.02. The molecule has 0 bridgehead atoms. The Kier molecular flexibility index (Phi) is 7.37. The molecule has 0 fully saturated rings. The van der Waals surface area contributed by atoms with Crippen LogP contribution in [0.3, 0.4) is 0 Å². The molecule has 0 aliphatic heterocycles. The van der Waals surface area contributed by atoms with E-state index in [9.17, 15) is 15.3 Å². The van der Waals surface area contributed by atoms with E-state index < -0.39 is 11.4 Å². The number of hydrogen-bond donors (Lipinski definition) is 0. The predicted molar refractivity (Wildman–Crippen MR) is 87.6 cm³/mol. The van der Waals surface area contributed by atoms with Crippen LogP contribution < -0.4 is 0 Å². The summed E-state index contributed by atoms with van der Waals surface area (Å²) in [6.07, 6.45) is 6.17. The van der Waals surface area contributed by atoms with Gasteiger partial charge < -0.3 is 4.74 Å². The van der Waals surface area contributed by atoms with Crippen LogP contribution in [-0.2, 0) is 9.53 Å². The van der Waals surface area contributed by atoms with E-state index in [-0.39, 0.29) is 18.9 Å². The summed E-state index contributed by atoms with van der Waals surface area (Å²) in [5, 5.41) is 19.3. The Morgan fingerprint density at radius 1 is 1.39 bits per heavy atom. The van der Waals surface area contributed by atoms with Crippen LogP contribution in [-0.4, -0.2) is 12.6 Å². The first-order chi connectivity index (χ1) is 11.0. The molecule has 2 atom stereocenters. The number of carbonyl (C=O) groups excluding carboxylic acids is 1. The summed E-state index contributed by atoms with van der Waals surface area (Å²) in [5.74, 6) is 6.02. The minimum atomic E-state index is -1.19. The fourth-order valence-corrected chi connectivity index (χ4v) is 3.07. The van der Waals surface area contributed by atoms with Crippen LogP contribution in [0.15, 0.2) is 11.6 Å². The molecule has 0 spiro atoms. The number of hydrogen-bond acceptors (Lipinski definition) is 4. The Labute approximate surface area is 139 Å². The molecule has 23 heavy (non-hydrogen) atoms. The highest BCUT2D eigenvalue weighted by Gasteiger charge is 2.39. The van der Waals surface area contributed by atoms with Crippen LogP contribution in [0.2, 0.25) is 0 Å². The molecule has 0 unspecified atom stereocenters. The first kappa shape index (κ1) is 18.8. The lowest BCUT2D eigenvalue weighted by Gasteiger charge is -2.33. The monoisotopic (exact) mass is 312 g/mol. The minimum Gasteiger partial charge on any atom is -0.453 e. The number of carbonyl (C=O) groups is 1. The van der Waals surface area contributed by atoms with Gasteiger partial charge >= 0.3 is 5.97 Å². The van der Waals surface area contributed by atoms with Crippen LogP contribution >= 0.6 is 0 Å². The molecule has 0 aromatic carbocycles. The standard InChI is InChI=1S/C19H24N2O2/c1-4-7-17-12-15(2)8-9-18(17)19(13-20,14-21)10-5-6-11-23-16(3)22/h9,15,17H,4,7-8,10-12H2,1-3H3/t15-,17+/m0/s1. The molecular weight excluding hydrogens is 288 g/mol. The average molecular weight is 312 g/mol. The van der Waals surface area contributed by atoms with E-state index in [1.807, 2.05) is 0 Å². The highest BCUT2D eigenvalue weighted by molar-refractivity contribution is 5.66. The molecule has 0 N–H and O–H groups in total. The van der Waals surface area contributed by atoms with E-state index in [1.54, 1.807) is 0 Å². The minimum absolute atomic E-state index is 0.00323. The Morgan fingerprint density at radius 3 is 2.65 bits per heavy atom. The summed E-state index contributed by atoms with van der Waals surface area (Å²) in [4.78, 5) is 10.7. The lowest BCUT2D eigenvalue weighted by atomic mass is 9.67. The number of allylic oxidation sites excluding steroid dienone is 2. The SMILES string of the molecule is CCC[C@@H]1C[C@@H](C)CC=C1C(C#N)(C#N)CC#CCOC(C)=O. The van der Waals surface area contributed by atoms with Crippen molar-refractivity contribution >= 4 is 5.97 Å². The maximum atomic E-state index is 10.7. The molecule has 0 radical (unpaired) electrons. The summed E-state index contributed by atoms with van der Waals surface area (Å²) in [7, 11) is 0. The zero-order valence-corrected chi connectivity index (χ0v) is 14.2. The maximum Gasteiger partial charge on any atom is 0.303 e. The summed E-state index contributed by atoms with van der Waals surface area (Å²) in [5.41, 5.74) is -0.257. The van der Waals surface area contributed by atoms with E-state index in [0.717, 1.165) is 31.3 Å². The fraction of sp³-hybridized carbons (Fsp3) is 0.632. The Hall–Kier alpha value is -2.25. The third-order valence-corrected chi connectivity index (χ3v) is 4.20. The van der Waals surface area contributed by atoms with Gasteiger partial charge in [0.2, 0.25) is 0 Å². The molecule has 4 heteroatoms. The van der Waals surface area contributed by atoms with Crippen molar-refractivity contribution in [3.05, 3.63) is 11.6 Å². The smallest absolute Gasteiger partial charge is 0.303 e. The van der Waals surface area contributed by atoms with E-state index in [4.69, 9.17) is 4.74 Å². The van der Waals surface area contributed by atoms with Crippen molar-refractivity contribution in [2.75, 3.05) is 6.61 Å². The van der Waals surface area contributed by atoms with Crippen molar-refractivity contribution in [3.8, 4) is 24.0 Å². The van der Waals surface area contributed by atoms with E-state index in [1.165, 1.54) is 6.92 Å². The Morgan fingerprint density at radius 2 is 2.09 bits per heavy atom. The van der Waals surface area contributed by atoms with E-state index in [2.05, 4.69) is 43.9 Å². The average Bonchev–Trinajstić information content (AvgIpc) is 2.52. The summed E-state index contributed by atoms with van der Waals surface area (Å²) >= 11 is 0. The summed E-state index contributed by atoms with van der Waals surface area (Å²) < 4.78 is 4.75. The molecule has 0 saturated heterocycles. The number of nitrogens with zero attached hydrogens (tertiary/aromatic N) is 2. The first-order valence-corrected chi connectivity index (χ1v) is 8.11. The van der Waals surface area contributed by atoms with Gasteiger partial charge in [0.25, 0.3) is 0 Å². The van der Waals surface area contributed by atoms with Gasteiger partial charge in [-0.2, -0.15) is 10.5 Å². The molecular formula is C19H24N2O2. The van der Waals surface area contributed by atoms with Crippen LogP contribution in [0, 0.1) is 51.8 Å². The van der Waals surface area contributed by atoms with Gasteiger partial charge in [0, 0.05) is 13.3 Å². The van der Waals surface area contributed by atoms with Crippen molar-refractivity contribution in [3.63, 3.8) is 0 Å². The third-order valence-electron chi connectivity index (χ3n) is 4.20. The van der Waals surface area contributed by atoms with Gasteiger partial charge in [0.05, 0.1) is 12.1 Å². The Balaban J connectivity index is 2.97. The van der Waals surface area contributed by atoms with Gasteiger partial charge in [-0.25, -0.2) is 0 Å². The van der Waals surface area contributed by atoms with Gasteiger partial charge in [-0.1, -0.05) is 38.2 Å². The van der Waals surface area contributed by atoms with Gasteiger partial charge in [-0.05, 0) is 36.7 Å². The quantitative estimate of drug-likeness (QED) is 0.440. The predicted octanol–water partition coefficient (Wildman–Crippen LogP) is 3.75. The molecule has 1 rings (SSSR count). The van der Waals surface area contributed by atoms with Crippen molar-refractivity contribution < 1.29 is 9.53 Å².